The Balaban J connectivity index is 2.06. The number of aryl methyl sites for hydroxylation is 2. The maximum absolute atomic E-state index is 12.8. The van der Waals surface area contributed by atoms with E-state index < -0.39 is 16.1 Å². The first-order valence-electron chi connectivity index (χ1n) is 10.4. The molecule has 1 N–H and O–H groups in total. The number of sulfonamides is 1. The van der Waals surface area contributed by atoms with Crippen molar-refractivity contribution in [3.8, 4) is 11.5 Å². The SMILES string of the molecule is CCOc1ccc(N([C@H](CC)C(=O)NCCOc2cc(C)cc(C)c2)S(C)(=O)=O)cc1. The van der Waals surface area contributed by atoms with Crippen LogP contribution in [0.4, 0.5) is 5.69 Å². The van der Waals surface area contributed by atoms with Crippen molar-refractivity contribution in [1.82, 2.24) is 5.32 Å². The minimum atomic E-state index is -3.68. The summed E-state index contributed by atoms with van der Waals surface area (Å²) in [6, 6.07) is 11.7. The molecule has 0 aliphatic carbocycles. The molecule has 0 unspecified atom stereocenters. The largest absolute Gasteiger partial charge is 0.494 e. The Morgan fingerprint density at radius 3 is 2.13 bits per heavy atom. The fourth-order valence-corrected chi connectivity index (χ4v) is 4.61. The third-order valence-electron chi connectivity index (χ3n) is 4.60. The van der Waals surface area contributed by atoms with Gasteiger partial charge in [0, 0.05) is 0 Å². The number of ether oxygens (including phenoxy) is 2. The molecule has 2 aromatic carbocycles. The van der Waals surface area contributed by atoms with Gasteiger partial charge in [-0.05, 0) is 74.7 Å². The minimum Gasteiger partial charge on any atom is -0.494 e. The van der Waals surface area contributed by atoms with Gasteiger partial charge in [-0.25, -0.2) is 8.42 Å². The fraction of sp³-hybridized carbons (Fsp3) is 0.435. The first kappa shape index (κ1) is 24.5. The highest BCUT2D eigenvalue weighted by Gasteiger charge is 2.31. The third-order valence-corrected chi connectivity index (χ3v) is 5.78. The van der Waals surface area contributed by atoms with Crippen molar-refractivity contribution in [2.24, 2.45) is 0 Å². The van der Waals surface area contributed by atoms with Gasteiger partial charge in [0.15, 0.2) is 0 Å². The number of amides is 1. The molecular formula is C23H32N2O5S. The van der Waals surface area contributed by atoms with E-state index in [0.717, 1.165) is 27.4 Å². The summed E-state index contributed by atoms with van der Waals surface area (Å²) in [5.74, 6) is 1.01. The molecule has 0 bridgehead atoms. The summed E-state index contributed by atoms with van der Waals surface area (Å²) in [5, 5.41) is 2.79. The van der Waals surface area contributed by atoms with E-state index in [4.69, 9.17) is 9.47 Å². The van der Waals surface area contributed by atoms with Gasteiger partial charge in [0.1, 0.15) is 24.1 Å². The quantitative estimate of drug-likeness (QED) is 0.532. The Morgan fingerprint density at radius 1 is 1.00 bits per heavy atom. The molecule has 7 nitrogen and oxygen atoms in total. The molecule has 0 aliphatic heterocycles. The molecule has 0 saturated heterocycles. The van der Waals surface area contributed by atoms with E-state index in [1.807, 2.05) is 32.9 Å². The summed E-state index contributed by atoms with van der Waals surface area (Å²) < 4.78 is 37.3. The van der Waals surface area contributed by atoms with Crippen molar-refractivity contribution in [3.63, 3.8) is 0 Å². The zero-order valence-corrected chi connectivity index (χ0v) is 19.7. The molecule has 170 valence electrons. The van der Waals surface area contributed by atoms with Gasteiger partial charge in [-0.15, -0.1) is 0 Å². The Kier molecular flexibility index (Phi) is 8.74. The molecule has 1 amide bonds. The zero-order chi connectivity index (χ0) is 23.0. The van der Waals surface area contributed by atoms with Crippen molar-refractivity contribution in [3.05, 3.63) is 53.6 Å². The zero-order valence-electron chi connectivity index (χ0n) is 18.8. The van der Waals surface area contributed by atoms with Crippen LogP contribution in [0.3, 0.4) is 0 Å². The smallest absolute Gasteiger partial charge is 0.244 e. The van der Waals surface area contributed by atoms with Crippen molar-refractivity contribution >= 4 is 21.6 Å². The number of benzene rings is 2. The highest BCUT2D eigenvalue weighted by atomic mass is 32.2. The molecule has 1 atom stereocenters. The maximum Gasteiger partial charge on any atom is 0.244 e. The van der Waals surface area contributed by atoms with Crippen LogP contribution in [0.1, 0.15) is 31.4 Å². The predicted octanol–water partition coefficient (Wildman–Crippen LogP) is 3.44. The number of nitrogens with one attached hydrogen (secondary N) is 1. The first-order valence-corrected chi connectivity index (χ1v) is 12.2. The predicted molar refractivity (Wildman–Crippen MR) is 123 cm³/mol. The molecule has 2 rings (SSSR count). The average molecular weight is 449 g/mol. The van der Waals surface area contributed by atoms with Crippen molar-refractivity contribution in [2.75, 3.05) is 30.3 Å². The second-order valence-corrected chi connectivity index (χ2v) is 9.23. The second kappa shape index (κ2) is 11.0. The molecule has 0 aromatic heterocycles. The van der Waals surface area contributed by atoms with Crippen LogP contribution in [-0.2, 0) is 14.8 Å². The van der Waals surface area contributed by atoms with Gasteiger partial charge in [-0.3, -0.25) is 9.10 Å². The average Bonchev–Trinajstić information content (AvgIpc) is 2.68. The van der Waals surface area contributed by atoms with Gasteiger partial charge < -0.3 is 14.8 Å². The van der Waals surface area contributed by atoms with Gasteiger partial charge in [0.25, 0.3) is 0 Å². The van der Waals surface area contributed by atoms with Crippen LogP contribution < -0.4 is 19.1 Å². The van der Waals surface area contributed by atoms with Crippen LogP contribution in [0.15, 0.2) is 42.5 Å². The third kappa shape index (κ3) is 7.17. The first-order chi connectivity index (χ1) is 14.7. The lowest BCUT2D eigenvalue weighted by Crippen LogP contribution is -2.50. The number of rotatable bonds is 11. The summed E-state index contributed by atoms with van der Waals surface area (Å²) in [4.78, 5) is 12.8. The summed E-state index contributed by atoms with van der Waals surface area (Å²) in [6.45, 7) is 8.71. The summed E-state index contributed by atoms with van der Waals surface area (Å²) in [5.41, 5.74) is 2.62. The van der Waals surface area contributed by atoms with E-state index in [1.54, 1.807) is 31.2 Å². The topological polar surface area (TPSA) is 84.9 Å². The van der Waals surface area contributed by atoms with E-state index >= 15 is 0 Å². The number of hydrogen-bond acceptors (Lipinski definition) is 5. The van der Waals surface area contributed by atoms with E-state index in [2.05, 4.69) is 11.4 Å². The Hall–Kier alpha value is -2.74. The van der Waals surface area contributed by atoms with E-state index in [-0.39, 0.29) is 19.1 Å². The highest BCUT2D eigenvalue weighted by molar-refractivity contribution is 7.92. The molecule has 0 fully saturated rings. The lowest BCUT2D eigenvalue weighted by molar-refractivity contribution is -0.122. The second-order valence-electron chi connectivity index (χ2n) is 7.37. The summed E-state index contributed by atoms with van der Waals surface area (Å²) in [6.07, 6.45) is 1.42. The van der Waals surface area contributed by atoms with E-state index in [0.29, 0.717) is 24.5 Å². The van der Waals surface area contributed by atoms with Crippen LogP contribution in [0, 0.1) is 13.8 Å². The molecule has 0 heterocycles. The number of hydrogen-bond donors (Lipinski definition) is 1. The van der Waals surface area contributed by atoms with Crippen molar-refractivity contribution in [2.45, 2.75) is 40.2 Å². The standard InChI is InChI=1S/C23H32N2O5S/c1-6-22(23(26)24-12-13-30-21-15-17(3)14-18(4)16-21)25(31(5,27)28)19-8-10-20(11-9-19)29-7-2/h8-11,14-16,22H,6-7,12-13H2,1-5H3,(H,24,26)/t22-/m1/s1. The molecule has 31 heavy (non-hydrogen) atoms. The van der Waals surface area contributed by atoms with Crippen molar-refractivity contribution < 1.29 is 22.7 Å². The number of nitrogens with zero attached hydrogens (tertiary/aromatic N) is 1. The lowest BCUT2D eigenvalue weighted by Gasteiger charge is -2.30. The number of carbonyl (C=O) groups is 1. The van der Waals surface area contributed by atoms with Crippen molar-refractivity contribution in [1.29, 1.82) is 0 Å². The Labute approximate surface area is 185 Å². The van der Waals surface area contributed by atoms with Gasteiger partial charge in [-0.2, -0.15) is 0 Å². The fourth-order valence-electron chi connectivity index (χ4n) is 3.39. The Morgan fingerprint density at radius 2 is 1.61 bits per heavy atom. The van der Waals surface area contributed by atoms with Gasteiger partial charge in [-0.1, -0.05) is 13.0 Å². The highest BCUT2D eigenvalue weighted by Crippen LogP contribution is 2.25. The molecule has 0 aliphatic rings. The van der Waals surface area contributed by atoms with Crippen LogP contribution in [0.25, 0.3) is 0 Å². The number of anilines is 1. The maximum atomic E-state index is 12.8. The molecule has 0 saturated carbocycles. The van der Waals surface area contributed by atoms with Crippen LogP contribution >= 0.6 is 0 Å². The van der Waals surface area contributed by atoms with Crippen LogP contribution in [-0.4, -0.2) is 46.4 Å². The molecule has 8 heteroatoms. The molecule has 0 radical (unpaired) electrons. The van der Waals surface area contributed by atoms with Gasteiger partial charge in [0.2, 0.25) is 15.9 Å². The van der Waals surface area contributed by atoms with Gasteiger partial charge >= 0.3 is 0 Å². The van der Waals surface area contributed by atoms with E-state index in [9.17, 15) is 13.2 Å². The summed E-state index contributed by atoms with van der Waals surface area (Å²) in [7, 11) is -3.68. The Bertz CT molecular complexity index is 954. The normalized spacial score (nSPS) is 12.2. The van der Waals surface area contributed by atoms with Gasteiger partial charge in [0.05, 0.1) is 25.1 Å². The minimum absolute atomic E-state index is 0.267. The van der Waals surface area contributed by atoms with E-state index in [1.165, 1.54) is 0 Å². The van der Waals surface area contributed by atoms with Crippen LogP contribution in [0.5, 0.6) is 11.5 Å². The number of carbonyl (C=O) groups excluding carboxylic acids is 1. The lowest BCUT2D eigenvalue weighted by atomic mass is 10.1. The molecule has 0 spiro atoms. The van der Waals surface area contributed by atoms with Crippen LogP contribution in [0.2, 0.25) is 0 Å². The molecular weight excluding hydrogens is 416 g/mol. The summed E-state index contributed by atoms with van der Waals surface area (Å²) >= 11 is 0. The monoisotopic (exact) mass is 448 g/mol. The molecule has 2 aromatic rings.